The van der Waals surface area contributed by atoms with Crippen LogP contribution in [0.1, 0.15) is 18.9 Å². The number of halogens is 3. The van der Waals surface area contributed by atoms with Crippen molar-refractivity contribution >= 4 is 23.4 Å². The van der Waals surface area contributed by atoms with Crippen molar-refractivity contribution in [3.63, 3.8) is 0 Å². The molecule has 0 radical (unpaired) electrons. The van der Waals surface area contributed by atoms with Crippen molar-refractivity contribution in [2.45, 2.75) is 35.6 Å². The normalized spacial score (nSPS) is 12.4. The van der Waals surface area contributed by atoms with Crippen LogP contribution in [0.15, 0.2) is 46.2 Å². The maximum atomic E-state index is 14.1. The molecule has 21 heavy (non-hydrogen) atoms. The highest BCUT2D eigenvalue weighted by Gasteiger charge is 2.14. The van der Waals surface area contributed by atoms with E-state index in [1.54, 1.807) is 24.3 Å². The molecule has 2 rings (SSSR count). The summed E-state index contributed by atoms with van der Waals surface area (Å²) in [7, 11) is 0. The zero-order chi connectivity index (χ0) is 15.4. The van der Waals surface area contributed by atoms with Gasteiger partial charge in [-0.05, 0) is 54.8 Å². The van der Waals surface area contributed by atoms with Crippen LogP contribution in [0.4, 0.5) is 8.78 Å². The monoisotopic (exact) mass is 327 g/mol. The summed E-state index contributed by atoms with van der Waals surface area (Å²) in [6.45, 7) is 1.95. The van der Waals surface area contributed by atoms with Gasteiger partial charge >= 0.3 is 0 Å². The lowest BCUT2D eigenvalue weighted by Crippen LogP contribution is -2.21. The van der Waals surface area contributed by atoms with Crippen LogP contribution in [0, 0.1) is 11.6 Å². The van der Waals surface area contributed by atoms with Gasteiger partial charge < -0.3 is 5.73 Å². The molecule has 0 aromatic heterocycles. The van der Waals surface area contributed by atoms with Gasteiger partial charge in [0.2, 0.25) is 0 Å². The van der Waals surface area contributed by atoms with E-state index in [9.17, 15) is 8.78 Å². The molecule has 112 valence electrons. The summed E-state index contributed by atoms with van der Waals surface area (Å²) in [5, 5.41) is 0.587. The molecule has 1 atom stereocenters. The molecular formula is C16H16ClF2NS. The number of rotatable bonds is 5. The maximum absolute atomic E-state index is 14.1. The molecular weight excluding hydrogens is 312 g/mol. The topological polar surface area (TPSA) is 26.0 Å². The molecule has 1 nitrogen and oxygen atoms in total. The van der Waals surface area contributed by atoms with Crippen LogP contribution < -0.4 is 5.73 Å². The third-order valence-corrected chi connectivity index (χ3v) is 4.47. The van der Waals surface area contributed by atoms with Gasteiger partial charge in [0.05, 0.1) is 4.90 Å². The minimum Gasteiger partial charge on any atom is -0.327 e. The Kier molecular flexibility index (Phi) is 5.62. The van der Waals surface area contributed by atoms with Crippen molar-refractivity contribution in [3.05, 3.63) is 58.6 Å². The van der Waals surface area contributed by atoms with Gasteiger partial charge in [-0.25, -0.2) is 8.78 Å². The third-order valence-electron chi connectivity index (χ3n) is 3.11. The second kappa shape index (κ2) is 7.25. The molecule has 0 bridgehead atoms. The first-order chi connectivity index (χ1) is 9.99. The molecule has 5 heteroatoms. The standard InChI is InChI=1S/C16H16ClF2NS/c1-2-12(20)7-10-8-14(18)16(15(19)9-10)21-13-5-3-11(17)4-6-13/h3-6,8-9,12H,2,7,20H2,1H3. The lowest BCUT2D eigenvalue weighted by Gasteiger charge is -2.11. The average Bonchev–Trinajstić information content (AvgIpc) is 2.44. The van der Waals surface area contributed by atoms with Gasteiger partial charge in [0.25, 0.3) is 0 Å². The van der Waals surface area contributed by atoms with Crippen LogP contribution in [-0.4, -0.2) is 6.04 Å². The lowest BCUT2D eigenvalue weighted by atomic mass is 10.0. The number of hydrogen-bond acceptors (Lipinski definition) is 2. The van der Waals surface area contributed by atoms with Gasteiger partial charge in [-0.2, -0.15) is 0 Å². The molecule has 2 aromatic rings. The summed E-state index contributed by atoms with van der Waals surface area (Å²) in [6.07, 6.45) is 1.24. The highest BCUT2D eigenvalue weighted by molar-refractivity contribution is 7.99. The van der Waals surface area contributed by atoms with Crippen LogP contribution in [0.5, 0.6) is 0 Å². The Morgan fingerprint density at radius 1 is 1.14 bits per heavy atom. The van der Waals surface area contributed by atoms with E-state index in [-0.39, 0.29) is 10.9 Å². The first kappa shape index (κ1) is 16.3. The molecule has 1 unspecified atom stereocenters. The zero-order valence-electron chi connectivity index (χ0n) is 11.6. The van der Waals surface area contributed by atoms with Crippen LogP contribution in [-0.2, 0) is 6.42 Å². The molecule has 0 fully saturated rings. The van der Waals surface area contributed by atoms with Crippen molar-refractivity contribution in [1.29, 1.82) is 0 Å². The van der Waals surface area contributed by atoms with E-state index in [2.05, 4.69) is 0 Å². The summed E-state index contributed by atoms with van der Waals surface area (Å²) in [5.41, 5.74) is 6.40. The van der Waals surface area contributed by atoms with Gasteiger partial charge in [-0.1, -0.05) is 30.3 Å². The first-order valence-electron chi connectivity index (χ1n) is 6.66. The second-order valence-corrected chi connectivity index (χ2v) is 6.34. The molecule has 0 aliphatic rings. The fraction of sp³-hybridized carbons (Fsp3) is 0.250. The zero-order valence-corrected chi connectivity index (χ0v) is 13.1. The molecule has 0 spiro atoms. The second-order valence-electron chi connectivity index (χ2n) is 4.82. The van der Waals surface area contributed by atoms with E-state index in [4.69, 9.17) is 17.3 Å². The Morgan fingerprint density at radius 2 is 1.71 bits per heavy atom. The average molecular weight is 328 g/mol. The van der Waals surface area contributed by atoms with E-state index in [1.165, 1.54) is 12.1 Å². The van der Waals surface area contributed by atoms with Crippen molar-refractivity contribution in [2.75, 3.05) is 0 Å². The molecule has 2 N–H and O–H groups in total. The predicted molar refractivity (Wildman–Crippen MR) is 83.9 cm³/mol. The summed E-state index contributed by atoms with van der Waals surface area (Å²) in [5.74, 6) is -1.12. The van der Waals surface area contributed by atoms with E-state index >= 15 is 0 Å². The lowest BCUT2D eigenvalue weighted by molar-refractivity contribution is 0.533. The van der Waals surface area contributed by atoms with Gasteiger partial charge in [0.15, 0.2) is 0 Å². The summed E-state index contributed by atoms with van der Waals surface area (Å²) in [4.78, 5) is 0.723. The Labute approximate surface area is 132 Å². The van der Waals surface area contributed by atoms with Crippen LogP contribution in [0.3, 0.4) is 0 Å². The molecule has 0 saturated heterocycles. The number of hydrogen-bond donors (Lipinski definition) is 1. The van der Waals surface area contributed by atoms with Crippen LogP contribution in [0.25, 0.3) is 0 Å². The van der Waals surface area contributed by atoms with Crippen molar-refractivity contribution < 1.29 is 8.78 Å². The number of nitrogens with two attached hydrogens (primary N) is 1. The van der Waals surface area contributed by atoms with Gasteiger partial charge in [-0.15, -0.1) is 0 Å². The summed E-state index contributed by atoms with van der Waals surface area (Å²) < 4.78 is 28.2. The van der Waals surface area contributed by atoms with Gasteiger partial charge in [-0.3, -0.25) is 0 Å². The highest BCUT2D eigenvalue weighted by Crippen LogP contribution is 2.33. The minimum atomic E-state index is -0.562. The van der Waals surface area contributed by atoms with Crippen molar-refractivity contribution in [3.8, 4) is 0 Å². The van der Waals surface area contributed by atoms with Crippen molar-refractivity contribution in [2.24, 2.45) is 5.73 Å². The molecule has 0 amide bonds. The maximum Gasteiger partial charge on any atom is 0.140 e. The molecule has 0 aliphatic carbocycles. The Balaban J connectivity index is 2.22. The SMILES string of the molecule is CCC(N)Cc1cc(F)c(Sc2ccc(Cl)cc2)c(F)c1. The summed E-state index contributed by atoms with van der Waals surface area (Å²) >= 11 is 6.83. The first-order valence-corrected chi connectivity index (χ1v) is 7.86. The molecule has 0 heterocycles. The van der Waals surface area contributed by atoms with Crippen molar-refractivity contribution in [1.82, 2.24) is 0 Å². The highest BCUT2D eigenvalue weighted by atomic mass is 35.5. The Hall–Kier alpha value is -1.10. The van der Waals surface area contributed by atoms with E-state index in [0.29, 0.717) is 17.0 Å². The van der Waals surface area contributed by atoms with E-state index in [1.807, 2.05) is 6.92 Å². The molecule has 0 aliphatic heterocycles. The molecule has 0 saturated carbocycles. The van der Waals surface area contributed by atoms with Crippen LogP contribution >= 0.6 is 23.4 Å². The minimum absolute atomic E-state index is 0.00820. The predicted octanol–water partition coefficient (Wildman–Crippen LogP) is 5.05. The smallest absolute Gasteiger partial charge is 0.140 e. The molecule has 2 aromatic carbocycles. The Morgan fingerprint density at radius 3 is 2.24 bits per heavy atom. The van der Waals surface area contributed by atoms with E-state index < -0.39 is 11.6 Å². The number of benzene rings is 2. The van der Waals surface area contributed by atoms with Crippen LogP contribution in [0.2, 0.25) is 5.02 Å². The summed E-state index contributed by atoms with van der Waals surface area (Å²) in [6, 6.07) is 9.47. The quantitative estimate of drug-likeness (QED) is 0.831. The van der Waals surface area contributed by atoms with Gasteiger partial charge in [0.1, 0.15) is 11.6 Å². The Bertz CT molecular complexity index is 593. The third kappa shape index (κ3) is 4.43. The van der Waals surface area contributed by atoms with E-state index in [0.717, 1.165) is 23.1 Å². The van der Waals surface area contributed by atoms with Gasteiger partial charge in [0, 0.05) is 16.0 Å². The largest absolute Gasteiger partial charge is 0.327 e. The fourth-order valence-electron chi connectivity index (χ4n) is 1.90. The fourth-order valence-corrected chi connectivity index (χ4v) is 2.84.